The average molecular weight is 369 g/mol. The Labute approximate surface area is 136 Å². The first-order valence-electron chi connectivity index (χ1n) is 6.48. The fraction of sp³-hybridized carbons (Fsp3) is 0.267. The second-order valence-corrected chi connectivity index (χ2v) is 6.45. The van der Waals surface area contributed by atoms with E-state index in [1.165, 1.54) is 12.0 Å². The highest BCUT2D eigenvalue weighted by atomic mass is 79.9. The number of nitrogens with one attached hydrogen (secondary N) is 2. The van der Waals surface area contributed by atoms with E-state index in [0.717, 1.165) is 15.8 Å². The van der Waals surface area contributed by atoms with Gasteiger partial charge < -0.3 is 15.4 Å². The van der Waals surface area contributed by atoms with Crippen molar-refractivity contribution in [2.24, 2.45) is 0 Å². The first-order chi connectivity index (χ1) is 10.1. The third-order valence-electron chi connectivity index (χ3n) is 2.84. The number of hydrogen-bond acceptors (Lipinski definition) is 4. The van der Waals surface area contributed by atoms with E-state index < -0.39 is 0 Å². The molecule has 0 radical (unpaired) electrons. The lowest BCUT2D eigenvalue weighted by atomic mass is 10.2. The second-order valence-electron chi connectivity index (χ2n) is 4.59. The molecule has 0 aliphatic rings. The number of benzene rings is 1. The monoisotopic (exact) mass is 368 g/mol. The average Bonchev–Trinajstić information content (AvgIpc) is 2.88. The summed E-state index contributed by atoms with van der Waals surface area (Å²) < 4.78 is 5.88. The van der Waals surface area contributed by atoms with Crippen LogP contribution in [0.4, 0.5) is 11.4 Å². The van der Waals surface area contributed by atoms with E-state index in [0.29, 0.717) is 0 Å². The lowest BCUT2D eigenvalue weighted by Crippen LogP contribution is -2.17. The SMILES string of the molecule is COCC(=O)Nc1ccc(NC(C)c2cc(Br)cs2)cc1. The molecule has 0 spiro atoms. The van der Waals surface area contributed by atoms with Crippen molar-refractivity contribution in [3.63, 3.8) is 0 Å². The van der Waals surface area contributed by atoms with Gasteiger partial charge >= 0.3 is 0 Å². The van der Waals surface area contributed by atoms with Gasteiger partial charge in [-0.15, -0.1) is 11.3 Å². The molecule has 1 aromatic heterocycles. The van der Waals surface area contributed by atoms with E-state index in [2.05, 4.69) is 44.9 Å². The molecule has 0 saturated carbocycles. The van der Waals surface area contributed by atoms with Crippen molar-refractivity contribution in [3.8, 4) is 0 Å². The van der Waals surface area contributed by atoms with Gasteiger partial charge in [-0.2, -0.15) is 0 Å². The van der Waals surface area contributed by atoms with Crippen molar-refractivity contribution in [1.82, 2.24) is 0 Å². The maximum Gasteiger partial charge on any atom is 0.250 e. The van der Waals surface area contributed by atoms with Crippen LogP contribution in [0.2, 0.25) is 0 Å². The Hall–Kier alpha value is -1.37. The number of hydrogen-bond donors (Lipinski definition) is 2. The minimum absolute atomic E-state index is 0.0598. The predicted molar refractivity (Wildman–Crippen MR) is 91.0 cm³/mol. The van der Waals surface area contributed by atoms with E-state index in [9.17, 15) is 4.79 Å². The predicted octanol–water partition coefficient (Wildman–Crippen LogP) is 4.27. The number of rotatable bonds is 6. The molecule has 2 rings (SSSR count). The van der Waals surface area contributed by atoms with Crippen molar-refractivity contribution in [2.75, 3.05) is 24.4 Å². The topological polar surface area (TPSA) is 50.4 Å². The third-order valence-corrected chi connectivity index (χ3v) is 4.72. The Morgan fingerprint density at radius 1 is 1.33 bits per heavy atom. The third kappa shape index (κ3) is 4.84. The molecule has 1 atom stereocenters. The zero-order chi connectivity index (χ0) is 15.2. The number of amides is 1. The molecule has 0 aliphatic carbocycles. The van der Waals surface area contributed by atoms with Crippen molar-refractivity contribution in [2.45, 2.75) is 13.0 Å². The summed E-state index contributed by atoms with van der Waals surface area (Å²) in [6.45, 7) is 2.18. The zero-order valence-electron chi connectivity index (χ0n) is 11.9. The Morgan fingerprint density at radius 2 is 2.00 bits per heavy atom. The Balaban J connectivity index is 1.94. The molecule has 1 amide bonds. The molecule has 0 fully saturated rings. The summed E-state index contributed by atoms with van der Waals surface area (Å²) in [5.74, 6) is -0.157. The van der Waals surface area contributed by atoms with Gasteiger partial charge in [0.25, 0.3) is 0 Å². The zero-order valence-corrected chi connectivity index (χ0v) is 14.3. The summed E-state index contributed by atoms with van der Waals surface area (Å²) >= 11 is 5.18. The molecule has 0 aliphatic heterocycles. The van der Waals surface area contributed by atoms with Crippen LogP contribution in [0.15, 0.2) is 40.2 Å². The second kappa shape index (κ2) is 7.59. The fourth-order valence-corrected chi connectivity index (χ4v) is 3.31. The van der Waals surface area contributed by atoms with Crippen LogP contribution in [0, 0.1) is 0 Å². The number of carbonyl (C=O) groups excluding carboxylic acids is 1. The number of ether oxygens (including phenoxy) is 1. The highest BCUT2D eigenvalue weighted by Crippen LogP contribution is 2.28. The molecule has 4 nitrogen and oxygen atoms in total. The van der Waals surface area contributed by atoms with Gasteiger partial charge in [-0.25, -0.2) is 0 Å². The van der Waals surface area contributed by atoms with E-state index in [4.69, 9.17) is 4.74 Å². The van der Waals surface area contributed by atoms with Crippen LogP contribution in [0.25, 0.3) is 0 Å². The lowest BCUT2D eigenvalue weighted by Gasteiger charge is -2.14. The number of halogens is 1. The maximum absolute atomic E-state index is 11.4. The van der Waals surface area contributed by atoms with Crippen LogP contribution in [0.1, 0.15) is 17.8 Å². The molecule has 2 N–H and O–H groups in total. The molecule has 2 aromatic rings. The number of carbonyl (C=O) groups is 1. The van der Waals surface area contributed by atoms with Crippen molar-refractivity contribution < 1.29 is 9.53 Å². The normalized spacial score (nSPS) is 12.0. The van der Waals surface area contributed by atoms with E-state index in [1.807, 2.05) is 24.3 Å². The van der Waals surface area contributed by atoms with E-state index in [-0.39, 0.29) is 18.6 Å². The fourth-order valence-electron chi connectivity index (χ4n) is 1.85. The van der Waals surface area contributed by atoms with Gasteiger partial charge in [-0.05, 0) is 53.2 Å². The minimum Gasteiger partial charge on any atom is -0.378 e. The van der Waals surface area contributed by atoms with Crippen molar-refractivity contribution in [1.29, 1.82) is 0 Å². The van der Waals surface area contributed by atoms with Crippen LogP contribution >= 0.6 is 27.3 Å². The maximum atomic E-state index is 11.4. The molecular weight excluding hydrogens is 352 g/mol. The minimum atomic E-state index is -0.157. The van der Waals surface area contributed by atoms with Crippen LogP contribution in [-0.4, -0.2) is 19.6 Å². The first-order valence-corrected chi connectivity index (χ1v) is 8.15. The molecule has 6 heteroatoms. The number of anilines is 2. The summed E-state index contributed by atoms with van der Waals surface area (Å²) in [7, 11) is 1.50. The highest BCUT2D eigenvalue weighted by molar-refractivity contribution is 9.10. The van der Waals surface area contributed by atoms with Gasteiger partial charge in [0.1, 0.15) is 6.61 Å². The molecule has 21 heavy (non-hydrogen) atoms. The Kier molecular flexibility index (Phi) is 5.78. The van der Waals surface area contributed by atoms with E-state index in [1.54, 1.807) is 11.3 Å². The van der Waals surface area contributed by atoms with Crippen LogP contribution in [-0.2, 0) is 9.53 Å². The van der Waals surface area contributed by atoms with Gasteiger partial charge in [-0.1, -0.05) is 0 Å². The summed E-state index contributed by atoms with van der Waals surface area (Å²) in [6, 6.07) is 9.97. The number of methoxy groups -OCH3 is 1. The molecule has 0 saturated heterocycles. The number of thiophene rings is 1. The van der Waals surface area contributed by atoms with E-state index >= 15 is 0 Å². The van der Waals surface area contributed by atoms with Crippen LogP contribution in [0.5, 0.6) is 0 Å². The lowest BCUT2D eigenvalue weighted by molar-refractivity contribution is -0.119. The molecule has 1 aromatic carbocycles. The van der Waals surface area contributed by atoms with Crippen LogP contribution in [0.3, 0.4) is 0 Å². The Morgan fingerprint density at radius 3 is 2.57 bits per heavy atom. The Bertz CT molecular complexity index is 598. The van der Waals surface area contributed by atoms with Gasteiger partial charge in [-0.3, -0.25) is 4.79 Å². The van der Waals surface area contributed by atoms with Gasteiger partial charge in [0.05, 0.1) is 6.04 Å². The quantitative estimate of drug-likeness (QED) is 0.800. The molecule has 1 unspecified atom stereocenters. The summed E-state index contributed by atoms with van der Waals surface area (Å²) in [5, 5.41) is 8.26. The molecule has 1 heterocycles. The van der Waals surface area contributed by atoms with Gasteiger partial charge in [0.2, 0.25) is 5.91 Å². The first kappa shape index (κ1) is 16.0. The van der Waals surface area contributed by atoms with Crippen LogP contribution < -0.4 is 10.6 Å². The summed E-state index contributed by atoms with van der Waals surface area (Å²) in [5.41, 5.74) is 1.77. The van der Waals surface area contributed by atoms with Crippen molar-refractivity contribution >= 4 is 44.5 Å². The molecule has 112 valence electrons. The highest BCUT2D eigenvalue weighted by Gasteiger charge is 2.08. The smallest absolute Gasteiger partial charge is 0.250 e. The van der Waals surface area contributed by atoms with Gasteiger partial charge in [0.15, 0.2) is 0 Å². The summed E-state index contributed by atoms with van der Waals surface area (Å²) in [4.78, 5) is 12.7. The van der Waals surface area contributed by atoms with Gasteiger partial charge in [0, 0.05) is 33.2 Å². The standard InChI is InChI=1S/C15H17BrN2O2S/c1-10(14-7-11(16)9-21-14)17-12-3-5-13(6-4-12)18-15(19)8-20-2/h3-7,9-10,17H,8H2,1-2H3,(H,18,19). The van der Waals surface area contributed by atoms with Crippen molar-refractivity contribution in [3.05, 3.63) is 45.1 Å². The molecular formula is C15H17BrN2O2S. The molecule has 0 bridgehead atoms. The largest absolute Gasteiger partial charge is 0.378 e. The summed E-state index contributed by atoms with van der Waals surface area (Å²) in [6.07, 6.45) is 0.